The predicted octanol–water partition coefficient (Wildman–Crippen LogP) is 2.62. The van der Waals surface area contributed by atoms with E-state index < -0.39 is 0 Å². The second-order valence-electron chi connectivity index (χ2n) is 2.16. The van der Waals surface area contributed by atoms with Crippen LogP contribution in [-0.2, 0) is 4.74 Å². The second kappa shape index (κ2) is 4.60. The second-order valence-corrected chi connectivity index (χ2v) is 3.88. The van der Waals surface area contributed by atoms with Crippen molar-refractivity contribution in [3.8, 4) is 0 Å². The first-order chi connectivity index (χ1) is 5.74. The van der Waals surface area contributed by atoms with Crippen molar-refractivity contribution in [1.29, 1.82) is 0 Å². The van der Waals surface area contributed by atoms with E-state index >= 15 is 0 Å². The van der Waals surface area contributed by atoms with Gasteiger partial charge >= 0.3 is 0 Å². The molecule has 0 spiro atoms. The highest BCUT2D eigenvalue weighted by Crippen LogP contribution is 2.21. The molecule has 2 nitrogen and oxygen atoms in total. The molecule has 0 unspecified atom stereocenters. The Kier molecular flexibility index (Phi) is 3.72. The predicted molar refractivity (Wildman–Crippen MR) is 50.2 cm³/mol. The standard InChI is InChI=1S/C8H9ClO2S/c1-2-11-5-6(10)7-3-4-8(9)12-7/h3-4H,2,5H2,1H3. The first-order valence-corrected chi connectivity index (χ1v) is 4.79. The van der Waals surface area contributed by atoms with Gasteiger partial charge in [0.15, 0.2) is 5.78 Å². The summed E-state index contributed by atoms with van der Waals surface area (Å²) in [6, 6.07) is 3.43. The van der Waals surface area contributed by atoms with E-state index in [1.54, 1.807) is 12.1 Å². The van der Waals surface area contributed by atoms with Gasteiger partial charge in [0.25, 0.3) is 0 Å². The monoisotopic (exact) mass is 204 g/mol. The highest BCUT2D eigenvalue weighted by atomic mass is 35.5. The molecule has 0 saturated heterocycles. The van der Waals surface area contributed by atoms with Gasteiger partial charge in [0.2, 0.25) is 0 Å². The van der Waals surface area contributed by atoms with Gasteiger partial charge in [-0.25, -0.2) is 0 Å². The van der Waals surface area contributed by atoms with E-state index in [9.17, 15) is 4.79 Å². The first-order valence-electron chi connectivity index (χ1n) is 3.60. The van der Waals surface area contributed by atoms with E-state index in [0.717, 1.165) is 0 Å². The van der Waals surface area contributed by atoms with E-state index in [2.05, 4.69) is 0 Å². The average Bonchev–Trinajstić information content (AvgIpc) is 2.47. The Morgan fingerprint density at radius 1 is 1.67 bits per heavy atom. The Labute approximate surface area is 80.1 Å². The molecule has 0 radical (unpaired) electrons. The van der Waals surface area contributed by atoms with Crippen LogP contribution in [0.4, 0.5) is 0 Å². The summed E-state index contributed by atoms with van der Waals surface area (Å²) in [7, 11) is 0. The normalized spacial score (nSPS) is 10.2. The van der Waals surface area contributed by atoms with Crippen LogP contribution in [0.5, 0.6) is 0 Å². The van der Waals surface area contributed by atoms with Gasteiger partial charge < -0.3 is 4.74 Å². The molecule has 4 heteroatoms. The molecule has 66 valence electrons. The Morgan fingerprint density at radius 2 is 2.42 bits per heavy atom. The molecule has 0 aliphatic carbocycles. The third-order valence-electron chi connectivity index (χ3n) is 1.29. The maximum absolute atomic E-state index is 11.2. The molecular weight excluding hydrogens is 196 g/mol. The van der Waals surface area contributed by atoms with Crippen molar-refractivity contribution in [2.24, 2.45) is 0 Å². The molecule has 1 aromatic heterocycles. The van der Waals surface area contributed by atoms with Gasteiger partial charge in [-0.05, 0) is 19.1 Å². The Balaban J connectivity index is 2.53. The van der Waals surface area contributed by atoms with Crippen molar-refractivity contribution in [2.75, 3.05) is 13.2 Å². The molecule has 0 aliphatic rings. The quantitative estimate of drug-likeness (QED) is 0.705. The lowest BCUT2D eigenvalue weighted by Gasteiger charge is -1.96. The molecular formula is C8H9ClO2S. The lowest BCUT2D eigenvalue weighted by molar-refractivity contribution is 0.0787. The summed E-state index contributed by atoms with van der Waals surface area (Å²) in [4.78, 5) is 11.9. The van der Waals surface area contributed by atoms with Crippen molar-refractivity contribution in [2.45, 2.75) is 6.92 Å². The molecule has 12 heavy (non-hydrogen) atoms. The van der Waals surface area contributed by atoms with Crippen LogP contribution in [-0.4, -0.2) is 19.0 Å². The minimum absolute atomic E-state index is 0.00579. The zero-order valence-electron chi connectivity index (χ0n) is 6.67. The van der Waals surface area contributed by atoms with Crippen molar-refractivity contribution in [3.05, 3.63) is 21.3 Å². The van der Waals surface area contributed by atoms with E-state index in [1.165, 1.54) is 11.3 Å². The molecule has 1 heterocycles. The fraction of sp³-hybridized carbons (Fsp3) is 0.375. The number of carbonyl (C=O) groups is 1. The number of rotatable bonds is 4. The Morgan fingerprint density at radius 3 is 2.92 bits per heavy atom. The molecule has 0 amide bonds. The molecule has 1 aromatic rings. The Bertz CT molecular complexity index is 270. The molecule has 1 rings (SSSR count). The number of Topliss-reactive ketones (excluding diaryl/α,β-unsaturated/α-hetero) is 1. The summed E-state index contributed by atoms with van der Waals surface area (Å²) in [5.74, 6) is -0.00579. The smallest absolute Gasteiger partial charge is 0.198 e. The summed E-state index contributed by atoms with van der Waals surface area (Å²) in [6.45, 7) is 2.56. The van der Waals surface area contributed by atoms with Crippen molar-refractivity contribution in [1.82, 2.24) is 0 Å². The zero-order chi connectivity index (χ0) is 8.97. The van der Waals surface area contributed by atoms with Gasteiger partial charge in [-0.15, -0.1) is 11.3 Å². The van der Waals surface area contributed by atoms with Gasteiger partial charge in [0.05, 0.1) is 9.21 Å². The van der Waals surface area contributed by atoms with E-state index in [0.29, 0.717) is 15.8 Å². The summed E-state index contributed by atoms with van der Waals surface area (Å²) in [6.07, 6.45) is 0. The highest BCUT2D eigenvalue weighted by molar-refractivity contribution is 7.18. The van der Waals surface area contributed by atoms with Crippen molar-refractivity contribution in [3.63, 3.8) is 0 Å². The number of hydrogen-bond donors (Lipinski definition) is 0. The maximum Gasteiger partial charge on any atom is 0.198 e. The fourth-order valence-corrected chi connectivity index (χ4v) is 1.70. The van der Waals surface area contributed by atoms with Gasteiger partial charge in [-0.2, -0.15) is 0 Å². The molecule has 0 N–H and O–H groups in total. The van der Waals surface area contributed by atoms with Crippen molar-refractivity contribution >= 4 is 28.7 Å². The van der Waals surface area contributed by atoms with Crippen LogP contribution in [0.15, 0.2) is 12.1 Å². The van der Waals surface area contributed by atoms with Crippen LogP contribution in [0.2, 0.25) is 4.34 Å². The van der Waals surface area contributed by atoms with Crippen LogP contribution in [0.3, 0.4) is 0 Å². The third-order valence-corrected chi connectivity index (χ3v) is 2.56. The van der Waals surface area contributed by atoms with Crippen LogP contribution in [0, 0.1) is 0 Å². The van der Waals surface area contributed by atoms with Gasteiger partial charge in [-0.3, -0.25) is 4.79 Å². The topological polar surface area (TPSA) is 26.3 Å². The number of halogens is 1. The minimum atomic E-state index is -0.00579. The molecule has 0 saturated carbocycles. The number of carbonyl (C=O) groups excluding carboxylic acids is 1. The number of ketones is 1. The summed E-state index contributed by atoms with van der Waals surface area (Å²) in [5.41, 5.74) is 0. The maximum atomic E-state index is 11.2. The number of hydrogen-bond acceptors (Lipinski definition) is 3. The summed E-state index contributed by atoms with van der Waals surface area (Å²) < 4.78 is 5.61. The van der Waals surface area contributed by atoms with Crippen LogP contribution in [0.25, 0.3) is 0 Å². The lowest BCUT2D eigenvalue weighted by atomic mass is 10.3. The molecule has 0 aromatic carbocycles. The van der Waals surface area contributed by atoms with Crippen LogP contribution >= 0.6 is 22.9 Å². The van der Waals surface area contributed by atoms with Gasteiger partial charge in [0.1, 0.15) is 6.61 Å². The molecule has 0 bridgehead atoms. The van der Waals surface area contributed by atoms with E-state index in [1.807, 2.05) is 6.92 Å². The SMILES string of the molecule is CCOCC(=O)c1ccc(Cl)s1. The Hall–Kier alpha value is -0.380. The van der Waals surface area contributed by atoms with Crippen molar-refractivity contribution < 1.29 is 9.53 Å². The largest absolute Gasteiger partial charge is 0.374 e. The molecule has 0 aliphatic heterocycles. The minimum Gasteiger partial charge on any atom is -0.374 e. The first kappa shape index (κ1) is 9.71. The van der Waals surface area contributed by atoms with Crippen LogP contribution in [0.1, 0.15) is 16.6 Å². The fourth-order valence-electron chi connectivity index (χ4n) is 0.730. The molecule has 0 atom stereocenters. The van der Waals surface area contributed by atoms with Gasteiger partial charge in [-0.1, -0.05) is 11.6 Å². The van der Waals surface area contributed by atoms with Crippen LogP contribution < -0.4 is 0 Å². The van der Waals surface area contributed by atoms with E-state index in [4.69, 9.17) is 16.3 Å². The van der Waals surface area contributed by atoms with E-state index in [-0.39, 0.29) is 12.4 Å². The highest BCUT2D eigenvalue weighted by Gasteiger charge is 2.07. The molecule has 0 fully saturated rings. The third kappa shape index (κ3) is 2.59. The zero-order valence-corrected chi connectivity index (χ0v) is 8.24. The lowest BCUT2D eigenvalue weighted by Crippen LogP contribution is -2.06. The number of ether oxygens (including phenoxy) is 1. The van der Waals surface area contributed by atoms with Gasteiger partial charge in [0, 0.05) is 6.61 Å². The summed E-state index contributed by atoms with van der Waals surface area (Å²) >= 11 is 6.95. The number of thiophene rings is 1. The average molecular weight is 205 g/mol. The summed E-state index contributed by atoms with van der Waals surface area (Å²) in [5, 5.41) is 0.